The first kappa shape index (κ1) is 29.3. The summed E-state index contributed by atoms with van der Waals surface area (Å²) in [5, 5.41) is 3.54. The maximum Gasteiger partial charge on any atom is 0.416 e. The lowest BCUT2D eigenvalue weighted by Gasteiger charge is -2.30. The van der Waals surface area contributed by atoms with Gasteiger partial charge in [0.1, 0.15) is 6.33 Å². The van der Waals surface area contributed by atoms with Crippen LogP contribution in [0.15, 0.2) is 67.0 Å². The molecule has 0 unspecified atom stereocenters. The number of aromatic nitrogens is 2. The van der Waals surface area contributed by atoms with E-state index in [1.165, 1.54) is 18.5 Å². The van der Waals surface area contributed by atoms with Crippen molar-refractivity contribution in [1.82, 2.24) is 14.9 Å². The number of hydrogen-bond acceptors (Lipinski definition) is 6. The highest BCUT2D eigenvalue weighted by Gasteiger charge is 2.30. The molecule has 0 aliphatic carbocycles. The van der Waals surface area contributed by atoms with Crippen LogP contribution in [0.1, 0.15) is 30.9 Å². The Morgan fingerprint density at radius 3 is 2.48 bits per heavy atom. The minimum Gasteiger partial charge on any atom is -0.493 e. The molecule has 0 saturated carbocycles. The molecular formula is C32H33F3N4O3. The predicted molar refractivity (Wildman–Crippen MR) is 156 cm³/mol. The maximum absolute atomic E-state index is 13.0. The molecule has 0 atom stereocenters. The van der Waals surface area contributed by atoms with Gasteiger partial charge >= 0.3 is 6.18 Å². The molecule has 5 rings (SSSR count). The number of halogens is 3. The van der Waals surface area contributed by atoms with Crippen molar-refractivity contribution in [3.63, 3.8) is 0 Å². The molecule has 1 aliphatic heterocycles. The van der Waals surface area contributed by atoms with Gasteiger partial charge in [-0.2, -0.15) is 13.2 Å². The van der Waals surface area contributed by atoms with Crippen molar-refractivity contribution in [1.29, 1.82) is 0 Å². The number of hydrogen-bond donors (Lipinski definition) is 1. The zero-order valence-corrected chi connectivity index (χ0v) is 23.6. The number of carbonyl (C=O) groups excluding carboxylic acids is 1. The summed E-state index contributed by atoms with van der Waals surface area (Å²) in [6.45, 7) is 6.07. The van der Waals surface area contributed by atoms with Gasteiger partial charge in [0, 0.05) is 22.7 Å². The van der Waals surface area contributed by atoms with E-state index < -0.39 is 17.6 Å². The number of carbonyl (C=O) groups is 1. The summed E-state index contributed by atoms with van der Waals surface area (Å²) < 4.78 is 50.8. The minimum atomic E-state index is -4.46. The van der Waals surface area contributed by atoms with Gasteiger partial charge < -0.3 is 19.7 Å². The summed E-state index contributed by atoms with van der Waals surface area (Å²) in [5.74, 6) is 1.33. The summed E-state index contributed by atoms with van der Waals surface area (Å²) in [7, 11) is 1.61. The third-order valence-electron chi connectivity index (χ3n) is 7.61. The molecule has 0 bridgehead atoms. The molecule has 1 saturated heterocycles. The van der Waals surface area contributed by atoms with E-state index in [-0.39, 0.29) is 12.0 Å². The fourth-order valence-electron chi connectivity index (χ4n) is 5.20. The predicted octanol–water partition coefficient (Wildman–Crippen LogP) is 6.62. The van der Waals surface area contributed by atoms with E-state index in [0.29, 0.717) is 35.4 Å². The van der Waals surface area contributed by atoms with Gasteiger partial charge in [0.05, 0.1) is 36.9 Å². The summed E-state index contributed by atoms with van der Waals surface area (Å²) in [5.41, 5.74) is 2.24. The van der Waals surface area contributed by atoms with Crippen molar-refractivity contribution in [3.8, 4) is 22.8 Å². The van der Waals surface area contributed by atoms with E-state index in [1.807, 2.05) is 24.3 Å². The van der Waals surface area contributed by atoms with E-state index in [4.69, 9.17) is 9.47 Å². The lowest BCUT2D eigenvalue weighted by molar-refractivity contribution is -0.137. The molecule has 1 aromatic heterocycles. The van der Waals surface area contributed by atoms with Crippen LogP contribution < -0.4 is 14.8 Å². The Labute approximate surface area is 242 Å². The second kappa shape index (κ2) is 12.8. The van der Waals surface area contributed by atoms with Gasteiger partial charge in [0.15, 0.2) is 11.5 Å². The third-order valence-corrected chi connectivity index (χ3v) is 7.61. The first-order valence-corrected chi connectivity index (χ1v) is 14.0. The Balaban J connectivity index is 1.28. The largest absolute Gasteiger partial charge is 0.493 e. The first-order valence-electron chi connectivity index (χ1n) is 14.0. The van der Waals surface area contributed by atoms with Crippen molar-refractivity contribution in [2.45, 2.75) is 32.4 Å². The normalized spacial score (nSPS) is 14.6. The molecule has 4 aromatic rings. The number of fused-ring (bicyclic) bond motifs is 1. The molecule has 220 valence electrons. The number of nitrogens with one attached hydrogen (secondary N) is 1. The second-order valence-corrected chi connectivity index (χ2v) is 10.4. The molecule has 42 heavy (non-hydrogen) atoms. The summed E-state index contributed by atoms with van der Waals surface area (Å²) >= 11 is 0. The molecule has 10 heteroatoms. The maximum atomic E-state index is 13.0. The third kappa shape index (κ3) is 6.99. The second-order valence-electron chi connectivity index (χ2n) is 10.4. The quantitative estimate of drug-likeness (QED) is 0.241. The van der Waals surface area contributed by atoms with Crippen molar-refractivity contribution < 1.29 is 27.4 Å². The number of nitrogens with zero attached hydrogens (tertiary/aromatic N) is 3. The summed E-state index contributed by atoms with van der Waals surface area (Å²) in [4.78, 5) is 23.9. The van der Waals surface area contributed by atoms with Crippen LogP contribution in [0.4, 0.5) is 18.9 Å². The van der Waals surface area contributed by atoms with Gasteiger partial charge in [0.2, 0.25) is 5.91 Å². The van der Waals surface area contributed by atoms with Crippen LogP contribution in [0, 0.1) is 5.92 Å². The van der Waals surface area contributed by atoms with Gasteiger partial charge in [-0.25, -0.2) is 9.97 Å². The lowest BCUT2D eigenvalue weighted by atomic mass is 9.98. The fourth-order valence-corrected chi connectivity index (χ4v) is 5.20. The Bertz CT molecular complexity index is 1530. The van der Waals surface area contributed by atoms with E-state index in [2.05, 4.69) is 27.1 Å². The van der Waals surface area contributed by atoms with Crippen LogP contribution in [-0.2, 0) is 17.4 Å². The molecule has 1 N–H and O–H groups in total. The zero-order chi connectivity index (χ0) is 29.7. The van der Waals surface area contributed by atoms with E-state index in [9.17, 15) is 18.0 Å². The fraction of sp³-hybridized carbons (Fsp3) is 0.344. The lowest BCUT2D eigenvalue weighted by Crippen LogP contribution is -2.35. The standard InChI is InChI=1S/C32H33F3N4O3/c1-3-39-13-11-21(12-14-39)19-42-29-18-27-26(17-28(29)41-2)31(37-20-36-27)23-7-9-25(10-8-23)38-30(40)16-22-5-4-6-24(15-22)32(33,34)35/h4-10,15,17-18,20-21H,3,11-14,16,19H2,1-2H3,(H,38,40). The summed E-state index contributed by atoms with van der Waals surface area (Å²) in [6, 6.07) is 15.6. The highest BCUT2D eigenvalue weighted by Crippen LogP contribution is 2.36. The molecule has 0 radical (unpaired) electrons. The van der Waals surface area contributed by atoms with Crippen molar-refractivity contribution in [2.24, 2.45) is 5.92 Å². The molecule has 3 aromatic carbocycles. The Kier molecular flexibility index (Phi) is 8.91. The Morgan fingerprint density at radius 1 is 1.02 bits per heavy atom. The number of rotatable bonds is 9. The average Bonchev–Trinajstić information content (AvgIpc) is 2.99. The van der Waals surface area contributed by atoms with Crippen LogP contribution >= 0.6 is 0 Å². The number of likely N-dealkylation sites (tertiary alicyclic amines) is 1. The molecule has 1 aliphatic rings. The van der Waals surface area contributed by atoms with Crippen LogP contribution in [0.25, 0.3) is 22.2 Å². The van der Waals surface area contributed by atoms with Crippen LogP contribution in [0.2, 0.25) is 0 Å². The van der Waals surface area contributed by atoms with Crippen molar-refractivity contribution in [3.05, 3.63) is 78.1 Å². The zero-order valence-electron chi connectivity index (χ0n) is 23.6. The van der Waals surface area contributed by atoms with E-state index >= 15 is 0 Å². The van der Waals surface area contributed by atoms with E-state index in [0.717, 1.165) is 61.1 Å². The van der Waals surface area contributed by atoms with Crippen LogP contribution in [-0.4, -0.2) is 54.1 Å². The molecule has 1 amide bonds. The van der Waals surface area contributed by atoms with Gasteiger partial charge in [-0.1, -0.05) is 37.3 Å². The number of amides is 1. The molecule has 0 spiro atoms. The highest BCUT2D eigenvalue weighted by atomic mass is 19.4. The first-order chi connectivity index (χ1) is 20.2. The average molecular weight is 579 g/mol. The number of piperidine rings is 1. The number of methoxy groups -OCH3 is 1. The minimum absolute atomic E-state index is 0.176. The highest BCUT2D eigenvalue weighted by molar-refractivity contribution is 5.95. The Morgan fingerprint density at radius 2 is 1.79 bits per heavy atom. The number of alkyl halides is 3. The number of benzene rings is 3. The van der Waals surface area contributed by atoms with Crippen LogP contribution in [0.3, 0.4) is 0 Å². The summed E-state index contributed by atoms with van der Waals surface area (Å²) in [6.07, 6.45) is -0.919. The number of ether oxygens (including phenoxy) is 2. The van der Waals surface area contributed by atoms with E-state index in [1.54, 1.807) is 19.2 Å². The Hall–Kier alpha value is -4.18. The van der Waals surface area contributed by atoms with Crippen LogP contribution in [0.5, 0.6) is 11.5 Å². The molecule has 1 fully saturated rings. The van der Waals surface area contributed by atoms with Crippen molar-refractivity contribution >= 4 is 22.5 Å². The van der Waals surface area contributed by atoms with Gasteiger partial charge in [-0.15, -0.1) is 0 Å². The SMILES string of the molecule is CCN1CCC(COc2cc3ncnc(-c4ccc(NC(=O)Cc5cccc(C(F)(F)F)c5)cc4)c3cc2OC)CC1. The molecule has 7 nitrogen and oxygen atoms in total. The molecular weight excluding hydrogens is 545 g/mol. The van der Waals surface area contributed by atoms with Gasteiger partial charge in [-0.05, 0) is 68.2 Å². The van der Waals surface area contributed by atoms with Gasteiger partial charge in [0.25, 0.3) is 0 Å². The molecule has 2 heterocycles. The monoisotopic (exact) mass is 578 g/mol. The van der Waals surface area contributed by atoms with Gasteiger partial charge in [-0.3, -0.25) is 4.79 Å². The smallest absolute Gasteiger partial charge is 0.416 e. The van der Waals surface area contributed by atoms with Crippen molar-refractivity contribution in [2.75, 3.05) is 38.7 Å². The number of anilines is 1. The topological polar surface area (TPSA) is 76.6 Å².